The molecule has 70 valence electrons. The Bertz CT molecular complexity index is 297. The molecular weight excluding hydrogens is 194 g/mol. The van der Waals surface area contributed by atoms with Crippen LogP contribution in [0.15, 0.2) is 6.20 Å². The number of hydrogen-bond donors (Lipinski definition) is 2. The van der Waals surface area contributed by atoms with E-state index in [1.54, 1.807) is 6.92 Å². The van der Waals surface area contributed by atoms with Gasteiger partial charge in [-0.25, -0.2) is 4.98 Å². The zero-order valence-corrected chi connectivity index (χ0v) is 7.69. The zero-order chi connectivity index (χ0) is 9.84. The van der Waals surface area contributed by atoms with E-state index in [0.29, 0.717) is 6.61 Å². The molecular formula is C6H8BClN2O3. The molecule has 0 aliphatic carbocycles. The van der Waals surface area contributed by atoms with Crippen molar-refractivity contribution in [1.82, 2.24) is 9.97 Å². The summed E-state index contributed by atoms with van der Waals surface area (Å²) in [7, 11) is -1.66. The van der Waals surface area contributed by atoms with Gasteiger partial charge in [0.2, 0.25) is 0 Å². The number of halogens is 1. The van der Waals surface area contributed by atoms with Crippen molar-refractivity contribution in [2.75, 3.05) is 6.61 Å². The van der Waals surface area contributed by atoms with Crippen molar-refractivity contribution < 1.29 is 14.8 Å². The van der Waals surface area contributed by atoms with Crippen LogP contribution in [0.25, 0.3) is 0 Å². The molecule has 0 aromatic carbocycles. The quantitative estimate of drug-likeness (QED) is 0.496. The van der Waals surface area contributed by atoms with Crippen molar-refractivity contribution in [3.8, 4) is 6.01 Å². The summed E-state index contributed by atoms with van der Waals surface area (Å²) in [6, 6.07) is 0.122. The van der Waals surface area contributed by atoms with Crippen molar-refractivity contribution in [2.45, 2.75) is 6.92 Å². The van der Waals surface area contributed by atoms with Gasteiger partial charge in [-0.3, -0.25) is 0 Å². The second kappa shape index (κ2) is 4.41. The first-order chi connectivity index (χ1) is 6.15. The van der Waals surface area contributed by atoms with Crippen molar-refractivity contribution in [1.29, 1.82) is 0 Å². The third-order valence-electron chi connectivity index (χ3n) is 1.30. The predicted molar refractivity (Wildman–Crippen MR) is 48.0 cm³/mol. The Morgan fingerprint density at radius 1 is 1.62 bits per heavy atom. The molecule has 0 aliphatic heterocycles. The third-order valence-corrected chi connectivity index (χ3v) is 1.60. The van der Waals surface area contributed by atoms with Crippen molar-refractivity contribution >= 4 is 24.2 Å². The molecule has 5 nitrogen and oxygen atoms in total. The van der Waals surface area contributed by atoms with E-state index in [1.165, 1.54) is 6.20 Å². The molecule has 1 aromatic rings. The normalized spacial score (nSPS) is 9.85. The number of aromatic nitrogens is 2. The molecule has 0 atom stereocenters. The summed E-state index contributed by atoms with van der Waals surface area (Å²) in [6.07, 6.45) is 1.21. The fraction of sp³-hybridized carbons (Fsp3) is 0.333. The first-order valence-electron chi connectivity index (χ1n) is 3.66. The largest absolute Gasteiger partial charge is 0.493 e. The molecule has 0 saturated carbocycles. The van der Waals surface area contributed by atoms with Crippen LogP contribution in [0.4, 0.5) is 0 Å². The Balaban J connectivity index is 2.92. The number of ether oxygens (including phenoxy) is 1. The van der Waals surface area contributed by atoms with Gasteiger partial charge in [0.1, 0.15) is 5.15 Å². The summed E-state index contributed by atoms with van der Waals surface area (Å²) in [5.74, 6) is 0. The van der Waals surface area contributed by atoms with E-state index in [-0.39, 0.29) is 16.6 Å². The summed E-state index contributed by atoms with van der Waals surface area (Å²) in [6.45, 7) is 2.21. The standard InChI is InChI=1S/C6H8BClN2O3/c1-2-13-6-9-3-4(7(11)12)5(8)10-6/h3,11-12H,2H2,1H3. The monoisotopic (exact) mass is 202 g/mol. The van der Waals surface area contributed by atoms with Gasteiger partial charge in [-0.2, -0.15) is 4.98 Å². The van der Waals surface area contributed by atoms with Gasteiger partial charge >= 0.3 is 13.1 Å². The van der Waals surface area contributed by atoms with Crippen LogP contribution in [0.5, 0.6) is 6.01 Å². The fourth-order valence-corrected chi connectivity index (χ4v) is 0.946. The molecule has 0 fully saturated rings. The maximum atomic E-state index is 8.78. The first kappa shape index (κ1) is 10.2. The highest BCUT2D eigenvalue weighted by Gasteiger charge is 2.17. The molecule has 1 rings (SSSR count). The Hall–Kier alpha value is -0.845. The highest BCUT2D eigenvalue weighted by Crippen LogP contribution is 2.06. The SMILES string of the molecule is CCOc1ncc(B(O)O)c(Cl)n1. The van der Waals surface area contributed by atoms with E-state index in [4.69, 9.17) is 26.4 Å². The minimum Gasteiger partial charge on any atom is -0.464 e. The van der Waals surface area contributed by atoms with E-state index < -0.39 is 7.12 Å². The van der Waals surface area contributed by atoms with Gasteiger partial charge < -0.3 is 14.8 Å². The second-order valence-corrected chi connectivity index (χ2v) is 2.56. The highest BCUT2D eigenvalue weighted by atomic mass is 35.5. The number of rotatable bonds is 3. The van der Waals surface area contributed by atoms with Crippen molar-refractivity contribution in [2.24, 2.45) is 0 Å². The molecule has 0 saturated heterocycles. The average molecular weight is 202 g/mol. The van der Waals surface area contributed by atoms with E-state index in [2.05, 4.69) is 9.97 Å². The van der Waals surface area contributed by atoms with Crippen LogP contribution in [0.2, 0.25) is 5.15 Å². The van der Waals surface area contributed by atoms with Crippen LogP contribution in [-0.2, 0) is 0 Å². The van der Waals surface area contributed by atoms with E-state index in [0.717, 1.165) is 0 Å². The van der Waals surface area contributed by atoms with Gasteiger partial charge in [-0.05, 0) is 6.92 Å². The summed E-state index contributed by atoms with van der Waals surface area (Å²) in [5, 5.41) is 17.5. The minimum atomic E-state index is -1.66. The van der Waals surface area contributed by atoms with E-state index >= 15 is 0 Å². The molecule has 7 heteroatoms. The zero-order valence-electron chi connectivity index (χ0n) is 6.94. The van der Waals surface area contributed by atoms with Crippen molar-refractivity contribution in [3.63, 3.8) is 0 Å². The minimum absolute atomic E-state index is 0.0200. The maximum Gasteiger partial charge on any atom is 0.493 e. The van der Waals surface area contributed by atoms with Crippen LogP contribution < -0.4 is 10.2 Å². The molecule has 0 amide bonds. The molecule has 0 spiro atoms. The van der Waals surface area contributed by atoms with Gasteiger partial charge in [0.15, 0.2) is 0 Å². The summed E-state index contributed by atoms with van der Waals surface area (Å²) < 4.78 is 4.95. The van der Waals surface area contributed by atoms with Gasteiger partial charge in [-0.15, -0.1) is 0 Å². The molecule has 1 heterocycles. The van der Waals surface area contributed by atoms with Crippen LogP contribution in [-0.4, -0.2) is 33.7 Å². The molecule has 1 aromatic heterocycles. The third kappa shape index (κ3) is 2.55. The van der Waals surface area contributed by atoms with Crippen LogP contribution in [0, 0.1) is 0 Å². The predicted octanol–water partition coefficient (Wildman–Crippen LogP) is -0.791. The molecule has 13 heavy (non-hydrogen) atoms. The van der Waals surface area contributed by atoms with Crippen LogP contribution in [0.3, 0.4) is 0 Å². The highest BCUT2D eigenvalue weighted by molar-refractivity contribution is 6.62. The fourth-order valence-electron chi connectivity index (χ4n) is 0.727. The molecule has 0 radical (unpaired) electrons. The van der Waals surface area contributed by atoms with Gasteiger partial charge in [0.05, 0.1) is 6.61 Å². The van der Waals surface area contributed by atoms with Gasteiger partial charge in [-0.1, -0.05) is 11.6 Å². The lowest BCUT2D eigenvalue weighted by molar-refractivity contribution is 0.312. The van der Waals surface area contributed by atoms with Crippen molar-refractivity contribution in [3.05, 3.63) is 11.3 Å². The Kier molecular flexibility index (Phi) is 3.47. The Morgan fingerprint density at radius 3 is 2.77 bits per heavy atom. The molecule has 0 unspecified atom stereocenters. The van der Waals surface area contributed by atoms with Gasteiger partial charge in [0.25, 0.3) is 0 Å². The second-order valence-electron chi connectivity index (χ2n) is 2.21. The summed E-state index contributed by atoms with van der Waals surface area (Å²) in [5.41, 5.74) is 0.0603. The van der Waals surface area contributed by atoms with Crippen LogP contribution in [0.1, 0.15) is 6.92 Å². The van der Waals surface area contributed by atoms with Crippen LogP contribution >= 0.6 is 11.6 Å². The van der Waals surface area contributed by atoms with E-state index in [9.17, 15) is 0 Å². The topological polar surface area (TPSA) is 75.5 Å². The lowest BCUT2D eigenvalue weighted by Crippen LogP contribution is -2.32. The smallest absolute Gasteiger partial charge is 0.464 e. The first-order valence-corrected chi connectivity index (χ1v) is 4.04. The molecule has 0 aliphatic rings. The summed E-state index contributed by atoms with van der Waals surface area (Å²) >= 11 is 5.61. The van der Waals surface area contributed by atoms with E-state index in [1.807, 2.05) is 0 Å². The number of hydrogen-bond acceptors (Lipinski definition) is 5. The Morgan fingerprint density at radius 2 is 2.31 bits per heavy atom. The lowest BCUT2D eigenvalue weighted by Gasteiger charge is -2.03. The average Bonchev–Trinajstić information content (AvgIpc) is 2.04. The maximum absolute atomic E-state index is 8.78. The number of nitrogens with zero attached hydrogens (tertiary/aromatic N) is 2. The Labute approximate surface area is 80.5 Å². The molecule has 2 N–H and O–H groups in total. The summed E-state index contributed by atoms with van der Waals surface area (Å²) in [4.78, 5) is 7.41. The molecule has 0 bridgehead atoms. The lowest BCUT2D eigenvalue weighted by atomic mass is 9.83. The van der Waals surface area contributed by atoms with Gasteiger partial charge in [0, 0.05) is 11.7 Å².